The van der Waals surface area contributed by atoms with Gasteiger partial charge in [-0.15, -0.1) is 0 Å². The quantitative estimate of drug-likeness (QED) is 0.776. The summed E-state index contributed by atoms with van der Waals surface area (Å²) in [5.74, 6) is 2.56. The molecule has 0 bridgehead atoms. The van der Waals surface area contributed by atoms with E-state index in [2.05, 4.69) is 33.9 Å². The molecule has 5 heteroatoms. The molecule has 1 unspecified atom stereocenters. The molecule has 1 aromatic heterocycles. The summed E-state index contributed by atoms with van der Waals surface area (Å²) in [6.45, 7) is 4.20. The van der Waals surface area contributed by atoms with Gasteiger partial charge in [-0.05, 0) is 41.7 Å². The van der Waals surface area contributed by atoms with Crippen LogP contribution in [0.3, 0.4) is 0 Å². The van der Waals surface area contributed by atoms with Gasteiger partial charge in [0.25, 0.3) is 0 Å². The maximum atomic E-state index is 6.33. The second kappa shape index (κ2) is 6.59. The molecule has 128 valence electrons. The molecular weight excluding hydrogens is 312 g/mol. The molecule has 3 aromatic rings. The molecule has 4 rings (SSSR count). The predicted molar refractivity (Wildman–Crippen MR) is 101 cm³/mol. The fraction of sp³-hybridized carbons (Fsp3) is 0.300. The van der Waals surface area contributed by atoms with E-state index in [0.29, 0.717) is 17.5 Å². The van der Waals surface area contributed by atoms with E-state index in [9.17, 15) is 0 Å². The molecule has 1 saturated heterocycles. The lowest BCUT2D eigenvalue weighted by Gasteiger charge is -2.32. The zero-order valence-electron chi connectivity index (χ0n) is 14.4. The lowest BCUT2D eigenvalue weighted by atomic mass is 10.0. The first-order valence-corrected chi connectivity index (χ1v) is 8.73. The summed E-state index contributed by atoms with van der Waals surface area (Å²) in [6, 6.07) is 14.2. The van der Waals surface area contributed by atoms with Crippen LogP contribution in [0, 0.1) is 5.92 Å². The summed E-state index contributed by atoms with van der Waals surface area (Å²) in [6.07, 6.45) is 3.94. The Balaban J connectivity index is 1.62. The fourth-order valence-corrected chi connectivity index (χ4v) is 3.43. The average molecular weight is 334 g/mol. The van der Waals surface area contributed by atoms with Crippen LogP contribution < -0.4 is 15.4 Å². The monoisotopic (exact) mass is 334 g/mol. The summed E-state index contributed by atoms with van der Waals surface area (Å²) in [5.41, 5.74) is 6.83. The fourth-order valence-electron chi connectivity index (χ4n) is 3.43. The van der Waals surface area contributed by atoms with Gasteiger partial charge in [-0.3, -0.25) is 0 Å². The number of hydrogen-bond donors (Lipinski definition) is 1. The van der Waals surface area contributed by atoms with Gasteiger partial charge < -0.3 is 15.4 Å². The van der Waals surface area contributed by atoms with E-state index in [4.69, 9.17) is 10.5 Å². The molecule has 2 N–H and O–H groups in total. The van der Waals surface area contributed by atoms with Crippen molar-refractivity contribution in [2.45, 2.75) is 19.8 Å². The SMILES string of the molecule is CC1CCCN(c2ncnc(Oc3ccc4ccccc4c3)c2N)C1. The minimum Gasteiger partial charge on any atom is -0.437 e. The minimum atomic E-state index is 0.415. The van der Waals surface area contributed by atoms with Gasteiger partial charge in [0.15, 0.2) is 5.82 Å². The van der Waals surface area contributed by atoms with E-state index < -0.39 is 0 Å². The Morgan fingerprint density at radius 1 is 1.12 bits per heavy atom. The maximum Gasteiger partial charge on any atom is 0.248 e. The lowest BCUT2D eigenvalue weighted by molar-refractivity contribution is 0.441. The number of ether oxygens (including phenoxy) is 1. The van der Waals surface area contributed by atoms with Crippen LogP contribution >= 0.6 is 0 Å². The Bertz CT molecular complexity index is 896. The molecule has 1 aliphatic rings. The average Bonchev–Trinajstić information content (AvgIpc) is 2.63. The van der Waals surface area contributed by atoms with Crippen LogP contribution in [0.25, 0.3) is 10.8 Å². The van der Waals surface area contributed by atoms with Crippen molar-refractivity contribution >= 4 is 22.3 Å². The highest BCUT2D eigenvalue weighted by atomic mass is 16.5. The van der Waals surface area contributed by atoms with Gasteiger partial charge >= 0.3 is 0 Å². The molecule has 1 fully saturated rings. The Kier molecular flexibility index (Phi) is 4.14. The number of rotatable bonds is 3. The molecule has 5 nitrogen and oxygen atoms in total. The summed E-state index contributed by atoms with van der Waals surface area (Å²) in [4.78, 5) is 10.9. The molecule has 25 heavy (non-hydrogen) atoms. The van der Waals surface area contributed by atoms with E-state index >= 15 is 0 Å². The topological polar surface area (TPSA) is 64.3 Å². The van der Waals surface area contributed by atoms with Crippen molar-refractivity contribution in [1.29, 1.82) is 0 Å². The number of benzene rings is 2. The third kappa shape index (κ3) is 3.22. The molecule has 1 atom stereocenters. The van der Waals surface area contributed by atoms with Crippen molar-refractivity contribution in [3.63, 3.8) is 0 Å². The summed E-state index contributed by atoms with van der Waals surface area (Å²) in [7, 11) is 0. The maximum absolute atomic E-state index is 6.33. The first-order valence-electron chi connectivity index (χ1n) is 8.73. The molecule has 2 heterocycles. The van der Waals surface area contributed by atoms with E-state index in [1.54, 1.807) is 0 Å². The van der Waals surface area contributed by atoms with Crippen molar-refractivity contribution in [1.82, 2.24) is 9.97 Å². The van der Waals surface area contributed by atoms with Crippen LogP contribution in [0.4, 0.5) is 11.5 Å². The summed E-state index contributed by atoms with van der Waals surface area (Å²) >= 11 is 0. The van der Waals surface area contributed by atoms with E-state index in [1.165, 1.54) is 18.1 Å². The zero-order chi connectivity index (χ0) is 17.2. The molecule has 0 amide bonds. The van der Waals surface area contributed by atoms with Gasteiger partial charge in [0.05, 0.1) is 0 Å². The number of anilines is 2. The highest BCUT2D eigenvalue weighted by Gasteiger charge is 2.21. The van der Waals surface area contributed by atoms with Crippen molar-refractivity contribution in [2.24, 2.45) is 5.92 Å². The smallest absolute Gasteiger partial charge is 0.248 e. The number of fused-ring (bicyclic) bond motifs is 1. The Morgan fingerprint density at radius 2 is 1.96 bits per heavy atom. The predicted octanol–water partition coefficient (Wildman–Crippen LogP) is 4.24. The number of hydrogen-bond acceptors (Lipinski definition) is 5. The second-order valence-corrected chi connectivity index (χ2v) is 6.72. The molecular formula is C20H22N4O. The van der Waals surface area contributed by atoms with Crippen LogP contribution in [0.2, 0.25) is 0 Å². The number of aromatic nitrogens is 2. The summed E-state index contributed by atoms with van der Waals surface area (Å²) in [5, 5.41) is 2.30. The molecule has 0 spiro atoms. The minimum absolute atomic E-state index is 0.415. The number of piperidine rings is 1. The Labute approximate surface area is 147 Å². The van der Waals surface area contributed by atoms with Crippen LogP contribution in [0.15, 0.2) is 48.8 Å². The highest BCUT2D eigenvalue weighted by molar-refractivity contribution is 5.83. The van der Waals surface area contributed by atoms with Crippen LogP contribution in [-0.2, 0) is 0 Å². The van der Waals surface area contributed by atoms with Crippen molar-refractivity contribution in [2.75, 3.05) is 23.7 Å². The van der Waals surface area contributed by atoms with Gasteiger partial charge in [0.1, 0.15) is 17.8 Å². The van der Waals surface area contributed by atoms with E-state index in [0.717, 1.165) is 36.5 Å². The van der Waals surface area contributed by atoms with Gasteiger partial charge in [-0.25, -0.2) is 4.98 Å². The molecule has 1 aliphatic heterocycles. The van der Waals surface area contributed by atoms with Crippen molar-refractivity contribution in [3.8, 4) is 11.6 Å². The number of nitrogens with zero attached hydrogens (tertiary/aromatic N) is 3. The Morgan fingerprint density at radius 3 is 2.80 bits per heavy atom. The van der Waals surface area contributed by atoms with Crippen LogP contribution in [-0.4, -0.2) is 23.1 Å². The number of nitrogens with two attached hydrogens (primary N) is 1. The molecule has 0 radical (unpaired) electrons. The lowest BCUT2D eigenvalue weighted by Crippen LogP contribution is -2.35. The molecule has 0 saturated carbocycles. The molecule has 0 aliphatic carbocycles. The third-order valence-electron chi connectivity index (χ3n) is 4.72. The van der Waals surface area contributed by atoms with Gasteiger partial charge in [-0.1, -0.05) is 37.3 Å². The van der Waals surface area contributed by atoms with Gasteiger partial charge in [0.2, 0.25) is 5.88 Å². The summed E-state index contributed by atoms with van der Waals surface area (Å²) < 4.78 is 5.97. The van der Waals surface area contributed by atoms with Crippen molar-refractivity contribution in [3.05, 3.63) is 48.8 Å². The van der Waals surface area contributed by atoms with Gasteiger partial charge in [-0.2, -0.15) is 4.98 Å². The van der Waals surface area contributed by atoms with Crippen LogP contribution in [0.5, 0.6) is 11.6 Å². The first-order chi connectivity index (χ1) is 12.2. The molecule has 2 aromatic carbocycles. The largest absolute Gasteiger partial charge is 0.437 e. The number of nitrogen functional groups attached to an aromatic ring is 1. The van der Waals surface area contributed by atoms with Crippen molar-refractivity contribution < 1.29 is 4.74 Å². The van der Waals surface area contributed by atoms with E-state index in [-0.39, 0.29) is 0 Å². The van der Waals surface area contributed by atoms with Gasteiger partial charge in [0, 0.05) is 13.1 Å². The third-order valence-corrected chi connectivity index (χ3v) is 4.72. The second-order valence-electron chi connectivity index (χ2n) is 6.72. The van der Waals surface area contributed by atoms with E-state index in [1.807, 2.05) is 30.3 Å². The van der Waals surface area contributed by atoms with Crippen LogP contribution in [0.1, 0.15) is 19.8 Å². The Hall–Kier alpha value is -2.82. The normalized spacial score (nSPS) is 17.6. The first kappa shape index (κ1) is 15.7. The highest BCUT2D eigenvalue weighted by Crippen LogP contribution is 2.34. The zero-order valence-corrected chi connectivity index (χ0v) is 14.4. The standard InChI is InChI=1S/C20H22N4O/c1-14-5-4-10-24(12-14)19-18(21)20(23-13-22-19)25-17-9-8-15-6-2-3-7-16(15)11-17/h2-3,6-9,11,13-14H,4-5,10,12,21H2,1H3.